The number of aromatic nitrogens is 2. The summed E-state index contributed by atoms with van der Waals surface area (Å²) in [4.78, 5) is 16.2. The van der Waals surface area contributed by atoms with Gasteiger partial charge in [0, 0.05) is 31.7 Å². The Morgan fingerprint density at radius 1 is 1.35 bits per heavy atom. The molecule has 142 valence electrons. The maximum absolute atomic E-state index is 12.6. The van der Waals surface area contributed by atoms with Gasteiger partial charge in [0.25, 0.3) is 10.0 Å². The third kappa shape index (κ3) is 4.53. The summed E-state index contributed by atoms with van der Waals surface area (Å²) in [5.74, 6) is 0.596. The number of amides is 1. The molecule has 1 aliphatic rings. The van der Waals surface area contributed by atoms with Gasteiger partial charge >= 0.3 is 0 Å². The van der Waals surface area contributed by atoms with E-state index in [1.54, 1.807) is 12.3 Å². The van der Waals surface area contributed by atoms with E-state index in [-0.39, 0.29) is 23.5 Å². The average Bonchev–Trinajstić information content (AvgIpc) is 3.27. The minimum atomic E-state index is -3.58. The van der Waals surface area contributed by atoms with Gasteiger partial charge in [-0.3, -0.25) is 4.79 Å². The number of carbonyl (C=O) groups is 1. The number of carbonyl (C=O) groups excluding carboxylic acids is 1. The van der Waals surface area contributed by atoms with E-state index in [0.29, 0.717) is 19.5 Å². The van der Waals surface area contributed by atoms with Crippen molar-refractivity contribution in [2.24, 2.45) is 0 Å². The van der Waals surface area contributed by atoms with Crippen molar-refractivity contribution >= 4 is 15.9 Å². The van der Waals surface area contributed by atoms with Crippen LogP contribution in [0.1, 0.15) is 31.9 Å². The second-order valence-electron chi connectivity index (χ2n) is 6.60. The van der Waals surface area contributed by atoms with Crippen molar-refractivity contribution in [3.63, 3.8) is 0 Å². The van der Waals surface area contributed by atoms with Crippen molar-refractivity contribution in [2.45, 2.75) is 50.2 Å². The van der Waals surface area contributed by atoms with Crippen molar-refractivity contribution < 1.29 is 17.6 Å². The van der Waals surface area contributed by atoms with Gasteiger partial charge in [-0.2, -0.15) is 4.31 Å². The molecule has 9 heteroatoms. The molecule has 8 nitrogen and oxygen atoms in total. The number of sulfonamides is 1. The number of furan rings is 1. The Labute approximate surface area is 153 Å². The topological polar surface area (TPSA) is 97.4 Å². The molecule has 3 rings (SSSR count). The van der Waals surface area contributed by atoms with Crippen LogP contribution in [0, 0.1) is 0 Å². The standard InChI is InChI=1S/C17H24N4O4S/c1-14(10-15-6-5-9-25-15)19-16(22)11-20-12-17(18-13-20)26(23,24)21-7-3-2-4-8-21/h5-6,9,12-14H,2-4,7-8,10-11H2,1H3,(H,19,22)/t14-/m0/s1. The Morgan fingerprint density at radius 2 is 2.12 bits per heavy atom. The van der Waals surface area contributed by atoms with Crippen LogP contribution in [0.2, 0.25) is 0 Å². The van der Waals surface area contributed by atoms with Crippen molar-refractivity contribution in [1.82, 2.24) is 19.2 Å². The van der Waals surface area contributed by atoms with Crippen LogP contribution in [-0.2, 0) is 27.8 Å². The van der Waals surface area contributed by atoms with Crippen molar-refractivity contribution in [1.29, 1.82) is 0 Å². The highest BCUT2D eigenvalue weighted by Crippen LogP contribution is 2.18. The van der Waals surface area contributed by atoms with E-state index in [2.05, 4.69) is 10.3 Å². The summed E-state index contributed by atoms with van der Waals surface area (Å²) in [5.41, 5.74) is 0. The summed E-state index contributed by atoms with van der Waals surface area (Å²) in [6.07, 6.45) is 7.79. The first-order valence-corrected chi connectivity index (χ1v) is 10.2. The first-order chi connectivity index (χ1) is 12.4. The van der Waals surface area contributed by atoms with Crippen molar-refractivity contribution in [3.8, 4) is 0 Å². The fraction of sp³-hybridized carbons (Fsp3) is 0.529. The van der Waals surface area contributed by atoms with E-state index in [1.807, 2.05) is 13.0 Å². The molecule has 26 heavy (non-hydrogen) atoms. The molecule has 2 aromatic rings. The molecule has 0 unspecified atom stereocenters. The summed E-state index contributed by atoms with van der Waals surface area (Å²) >= 11 is 0. The normalized spacial score (nSPS) is 17.1. The largest absolute Gasteiger partial charge is 0.469 e. The quantitative estimate of drug-likeness (QED) is 0.783. The van der Waals surface area contributed by atoms with Crippen LogP contribution < -0.4 is 5.32 Å². The predicted molar refractivity (Wildman–Crippen MR) is 94.9 cm³/mol. The molecule has 0 aliphatic carbocycles. The molecule has 1 N–H and O–H groups in total. The third-order valence-corrected chi connectivity index (χ3v) is 6.13. The molecule has 1 aliphatic heterocycles. The first-order valence-electron chi connectivity index (χ1n) is 8.79. The van der Waals surface area contributed by atoms with Crippen molar-refractivity contribution in [2.75, 3.05) is 13.1 Å². The molecule has 0 saturated carbocycles. The summed E-state index contributed by atoms with van der Waals surface area (Å²) in [7, 11) is -3.58. The fourth-order valence-corrected chi connectivity index (χ4v) is 4.52. The summed E-state index contributed by atoms with van der Waals surface area (Å²) in [5, 5.41) is 2.87. The molecule has 1 saturated heterocycles. The second-order valence-corrected chi connectivity index (χ2v) is 8.49. The summed E-state index contributed by atoms with van der Waals surface area (Å²) in [6.45, 7) is 2.96. The number of piperidine rings is 1. The van der Waals surface area contributed by atoms with Crippen LogP contribution in [0.15, 0.2) is 40.4 Å². The molecule has 1 atom stereocenters. The van der Waals surface area contributed by atoms with Crippen LogP contribution in [-0.4, -0.2) is 47.3 Å². The summed E-state index contributed by atoms with van der Waals surface area (Å²) < 4.78 is 33.4. The Balaban J connectivity index is 1.56. The van der Waals surface area contributed by atoms with Gasteiger partial charge in [0.05, 0.1) is 12.6 Å². The Bertz CT molecular complexity index is 823. The Kier molecular flexibility index (Phi) is 5.77. The molecule has 0 radical (unpaired) electrons. The van der Waals surface area contributed by atoms with Crippen LogP contribution >= 0.6 is 0 Å². The average molecular weight is 380 g/mol. The molecule has 0 bridgehead atoms. The molecule has 1 amide bonds. The monoisotopic (exact) mass is 380 g/mol. The third-order valence-electron chi connectivity index (χ3n) is 4.35. The van der Waals surface area contributed by atoms with Gasteiger partial charge < -0.3 is 14.3 Å². The van der Waals surface area contributed by atoms with E-state index in [9.17, 15) is 13.2 Å². The zero-order valence-corrected chi connectivity index (χ0v) is 15.6. The van der Waals surface area contributed by atoms with Gasteiger partial charge in [0.2, 0.25) is 5.91 Å². The fourth-order valence-electron chi connectivity index (χ4n) is 3.06. The lowest BCUT2D eigenvalue weighted by atomic mass is 10.2. The minimum absolute atomic E-state index is 0.00386. The maximum Gasteiger partial charge on any atom is 0.262 e. The van der Waals surface area contributed by atoms with Crippen LogP contribution in [0.4, 0.5) is 0 Å². The van der Waals surface area contributed by atoms with Gasteiger partial charge in [-0.05, 0) is 31.9 Å². The smallest absolute Gasteiger partial charge is 0.262 e. The number of nitrogens with zero attached hydrogens (tertiary/aromatic N) is 3. The summed E-state index contributed by atoms with van der Waals surface area (Å²) in [6, 6.07) is 3.57. The lowest BCUT2D eigenvalue weighted by Gasteiger charge is -2.24. The van der Waals surface area contributed by atoms with Gasteiger partial charge in [0.1, 0.15) is 12.3 Å². The van der Waals surface area contributed by atoms with Crippen LogP contribution in [0.5, 0.6) is 0 Å². The SMILES string of the molecule is C[C@@H](Cc1ccco1)NC(=O)Cn1cnc(S(=O)(=O)N2CCCCC2)c1. The molecule has 0 aromatic carbocycles. The highest BCUT2D eigenvalue weighted by Gasteiger charge is 2.28. The highest BCUT2D eigenvalue weighted by molar-refractivity contribution is 7.89. The number of hydrogen-bond acceptors (Lipinski definition) is 5. The lowest BCUT2D eigenvalue weighted by Crippen LogP contribution is -2.36. The second kappa shape index (κ2) is 8.05. The number of rotatable bonds is 7. The van der Waals surface area contributed by atoms with E-state index in [4.69, 9.17) is 4.42 Å². The first kappa shape index (κ1) is 18.7. The zero-order chi connectivity index (χ0) is 18.6. The van der Waals surface area contributed by atoms with E-state index < -0.39 is 10.0 Å². The van der Waals surface area contributed by atoms with E-state index in [1.165, 1.54) is 21.4 Å². The predicted octanol–water partition coefficient (Wildman–Crippen LogP) is 1.40. The van der Waals surface area contributed by atoms with Gasteiger partial charge in [0.15, 0.2) is 5.03 Å². The van der Waals surface area contributed by atoms with Crippen LogP contribution in [0.25, 0.3) is 0 Å². The molecule has 0 spiro atoms. The lowest BCUT2D eigenvalue weighted by molar-refractivity contribution is -0.122. The van der Waals surface area contributed by atoms with Gasteiger partial charge in [-0.1, -0.05) is 6.42 Å². The molecular weight excluding hydrogens is 356 g/mol. The van der Waals surface area contributed by atoms with E-state index in [0.717, 1.165) is 25.0 Å². The number of imidazole rings is 1. The number of hydrogen-bond donors (Lipinski definition) is 1. The molecule has 1 fully saturated rings. The maximum atomic E-state index is 12.6. The zero-order valence-electron chi connectivity index (χ0n) is 14.8. The van der Waals surface area contributed by atoms with E-state index >= 15 is 0 Å². The van der Waals surface area contributed by atoms with Crippen LogP contribution in [0.3, 0.4) is 0 Å². The highest BCUT2D eigenvalue weighted by atomic mass is 32.2. The number of nitrogens with one attached hydrogen (secondary N) is 1. The molecular formula is C17H24N4O4S. The van der Waals surface area contributed by atoms with Crippen molar-refractivity contribution in [3.05, 3.63) is 36.7 Å². The molecule has 2 aromatic heterocycles. The molecule has 3 heterocycles. The van der Waals surface area contributed by atoms with Gasteiger partial charge in [-0.15, -0.1) is 0 Å². The Hall–Kier alpha value is -2.13. The minimum Gasteiger partial charge on any atom is -0.469 e. The van der Waals surface area contributed by atoms with Gasteiger partial charge in [-0.25, -0.2) is 13.4 Å². The Morgan fingerprint density at radius 3 is 2.81 bits per heavy atom.